The number of amides is 1. The number of rotatable bonds is 6. The molecule has 1 amide bonds. The molecule has 1 fully saturated rings. The summed E-state index contributed by atoms with van der Waals surface area (Å²) in [4.78, 5) is 13.5. The highest BCUT2D eigenvalue weighted by Crippen LogP contribution is 2.34. The highest BCUT2D eigenvalue weighted by atomic mass is 19.4. The predicted molar refractivity (Wildman–Crippen MR) is 102 cm³/mol. The Bertz CT molecular complexity index is 901. The molecule has 0 radical (unpaired) electrons. The number of alkyl halides is 3. The van der Waals surface area contributed by atoms with Crippen LogP contribution in [0.2, 0.25) is 0 Å². The molecule has 0 aliphatic carbocycles. The van der Waals surface area contributed by atoms with Crippen molar-refractivity contribution in [3.63, 3.8) is 0 Å². The zero-order valence-electron chi connectivity index (χ0n) is 16.4. The van der Waals surface area contributed by atoms with Crippen molar-refractivity contribution < 1.29 is 27.4 Å². The quantitative estimate of drug-likeness (QED) is 0.541. The summed E-state index contributed by atoms with van der Waals surface area (Å²) in [5, 5.41) is 13.4. The maximum atomic E-state index is 13.1. The molecular formula is C18H21F3N6O3. The second kappa shape index (κ2) is 9.11. The van der Waals surface area contributed by atoms with Gasteiger partial charge in [-0.15, -0.1) is 0 Å². The molecule has 162 valence electrons. The minimum absolute atomic E-state index is 0.0420. The van der Waals surface area contributed by atoms with Gasteiger partial charge in [0.2, 0.25) is 0 Å². The number of H-pyrrole nitrogens is 1. The molecule has 0 saturated carbocycles. The van der Waals surface area contributed by atoms with Crippen LogP contribution in [0, 0.1) is 6.92 Å². The molecule has 0 bridgehead atoms. The van der Waals surface area contributed by atoms with Gasteiger partial charge in [0.1, 0.15) is 5.75 Å². The number of morpholine rings is 1. The zero-order chi connectivity index (χ0) is 21.7. The van der Waals surface area contributed by atoms with Gasteiger partial charge >= 0.3 is 6.18 Å². The minimum atomic E-state index is -4.44. The normalized spacial score (nSPS) is 17.4. The molecule has 2 aromatic rings. The monoisotopic (exact) mass is 426 g/mol. The fourth-order valence-corrected chi connectivity index (χ4v) is 3.00. The van der Waals surface area contributed by atoms with Crippen LogP contribution >= 0.6 is 0 Å². The molecule has 3 rings (SSSR count). The Morgan fingerprint density at radius 2 is 2.30 bits per heavy atom. The van der Waals surface area contributed by atoms with Gasteiger partial charge in [-0.25, -0.2) is 5.43 Å². The lowest BCUT2D eigenvalue weighted by Crippen LogP contribution is -2.49. The summed E-state index contributed by atoms with van der Waals surface area (Å²) in [6, 6.07) is 3.40. The van der Waals surface area contributed by atoms with Crippen LogP contribution in [0.1, 0.15) is 28.5 Å². The number of halogens is 3. The molecular weight excluding hydrogens is 405 g/mol. The molecule has 1 aliphatic heterocycles. The smallest absolute Gasteiger partial charge is 0.416 e. The molecule has 1 aromatic heterocycles. The van der Waals surface area contributed by atoms with E-state index in [0.29, 0.717) is 35.7 Å². The van der Waals surface area contributed by atoms with Crippen molar-refractivity contribution in [3.05, 3.63) is 35.2 Å². The van der Waals surface area contributed by atoms with Crippen molar-refractivity contribution >= 4 is 17.8 Å². The number of hydrogen-bond donors (Lipinski definition) is 2. The molecule has 2 N–H and O–H groups in total. The third-order valence-electron chi connectivity index (χ3n) is 4.45. The molecule has 2 heterocycles. The molecule has 12 heteroatoms. The molecule has 1 saturated heterocycles. The lowest BCUT2D eigenvalue weighted by molar-refractivity contribution is -0.221. The largest absolute Gasteiger partial charge is 0.494 e. The first kappa shape index (κ1) is 21.6. The van der Waals surface area contributed by atoms with Gasteiger partial charge in [0, 0.05) is 23.4 Å². The van der Waals surface area contributed by atoms with E-state index >= 15 is 0 Å². The Morgan fingerprint density at radius 3 is 2.97 bits per heavy atom. The average molecular weight is 426 g/mol. The number of carbonyl (C=O) groups excluding carboxylic acids is 1. The Balaban J connectivity index is 1.83. The van der Waals surface area contributed by atoms with Gasteiger partial charge in [-0.3, -0.25) is 4.79 Å². The Kier molecular flexibility index (Phi) is 6.55. The van der Waals surface area contributed by atoms with E-state index in [-0.39, 0.29) is 18.8 Å². The standard InChI is InChI=1S/C18H21F3N6O3/c1-3-29-15-7-12(8-22-25-17(28)13-9-23-26-24-13)6-14(11(15)2)27-4-5-30-16(10-27)18(19,20)21/h6-9,16H,3-5,10H2,1-2H3,(H,25,28)(H,23,24,26)/b22-8+. The fraction of sp³-hybridized carbons (Fsp3) is 0.444. The van der Waals surface area contributed by atoms with E-state index in [0.717, 1.165) is 0 Å². The topological polar surface area (TPSA) is 105 Å². The van der Waals surface area contributed by atoms with Gasteiger partial charge in [0.05, 0.1) is 32.2 Å². The summed E-state index contributed by atoms with van der Waals surface area (Å²) in [6.45, 7) is 3.93. The number of carbonyl (C=O) groups is 1. The Labute approximate surface area is 170 Å². The van der Waals surface area contributed by atoms with Crippen molar-refractivity contribution in [3.8, 4) is 5.75 Å². The molecule has 1 aliphatic rings. The van der Waals surface area contributed by atoms with Gasteiger partial charge in [-0.2, -0.15) is 33.7 Å². The number of benzene rings is 1. The second-order valence-electron chi connectivity index (χ2n) is 6.50. The number of hydrazone groups is 1. The number of aromatic nitrogens is 3. The van der Waals surface area contributed by atoms with Gasteiger partial charge in [-0.1, -0.05) is 0 Å². The van der Waals surface area contributed by atoms with Crippen LogP contribution in [0.5, 0.6) is 5.75 Å². The summed E-state index contributed by atoms with van der Waals surface area (Å²) < 4.78 is 49.9. The SMILES string of the molecule is CCOc1cc(/C=N/NC(=O)c2cn[nH]n2)cc(N2CCOC(C(F)(F)F)C2)c1C. The number of hydrogen-bond acceptors (Lipinski definition) is 7. The van der Waals surface area contributed by atoms with E-state index in [2.05, 4.69) is 25.9 Å². The second-order valence-corrected chi connectivity index (χ2v) is 6.50. The van der Waals surface area contributed by atoms with Crippen LogP contribution in [-0.4, -0.2) is 66.1 Å². The number of anilines is 1. The Hall–Kier alpha value is -3.15. The average Bonchev–Trinajstić information content (AvgIpc) is 3.25. The van der Waals surface area contributed by atoms with Crippen LogP contribution in [0.3, 0.4) is 0 Å². The zero-order valence-corrected chi connectivity index (χ0v) is 16.4. The van der Waals surface area contributed by atoms with E-state index in [1.807, 2.05) is 6.92 Å². The number of nitrogens with one attached hydrogen (secondary N) is 2. The van der Waals surface area contributed by atoms with E-state index in [4.69, 9.17) is 9.47 Å². The lowest BCUT2D eigenvalue weighted by atomic mass is 10.1. The first-order valence-electron chi connectivity index (χ1n) is 9.19. The van der Waals surface area contributed by atoms with Crippen LogP contribution < -0.4 is 15.1 Å². The number of aromatic amines is 1. The Morgan fingerprint density at radius 1 is 1.50 bits per heavy atom. The summed E-state index contributed by atoms with van der Waals surface area (Å²) in [5.41, 5.74) is 4.23. The van der Waals surface area contributed by atoms with E-state index in [1.165, 1.54) is 12.4 Å². The summed E-state index contributed by atoms with van der Waals surface area (Å²) in [6.07, 6.45) is -3.68. The first-order chi connectivity index (χ1) is 14.3. The maximum Gasteiger partial charge on any atom is 0.416 e. The third kappa shape index (κ3) is 5.06. The van der Waals surface area contributed by atoms with Gasteiger partial charge < -0.3 is 14.4 Å². The van der Waals surface area contributed by atoms with Crippen LogP contribution in [0.15, 0.2) is 23.4 Å². The van der Waals surface area contributed by atoms with E-state index in [1.54, 1.807) is 24.0 Å². The summed E-state index contributed by atoms with van der Waals surface area (Å²) >= 11 is 0. The summed E-state index contributed by atoms with van der Waals surface area (Å²) in [5.74, 6) is -0.0344. The summed E-state index contributed by atoms with van der Waals surface area (Å²) in [7, 11) is 0. The van der Waals surface area contributed by atoms with Crippen LogP contribution in [0.25, 0.3) is 0 Å². The molecule has 30 heavy (non-hydrogen) atoms. The molecule has 1 atom stereocenters. The number of nitrogens with zero attached hydrogens (tertiary/aromatic N) is 4. The number of ether oxygens (including phenoxy) is 2. The van der Waals surface area contributed by atoms with Crippen LogP contribution in [-0.2, 0) is 4.74 Å². The minimum Gasteiger partial charge on any atom is -0.494 e. The van der Waals surface area contributed by atoms with E-state index in [9.17, 15) is 18.0 Å². The molecule has 1 aromatic carbocycles. The van der Waals surface area contributed by atoms with Crippen molar-refractivity contribution in [2.45, 2.75) is 26.1 Å². The van der Waals surface area contributed by atoms with Gasteiger partial charge in [-0.05, 0) is 26.0 Å². The van der Waals surface area contributed by atoms with Crippen molar-refractivity contribution in [1.82, 2.24) is 20.8 Å². The maximum absolute atomic E-state index is 13.1. The molecule has 1 unspecified atom stereocenters. The van der Waals surface area contributed by atoms with Crippen molar-refractivity contribution in [1.29, 1.82) is 0 Å². The highest BCUT2D eigenvalue weighted by Gasteiger charge is 2.43. The molecule has 9 nitrogen and oxygen atoms in total. The van der Waals surface area contributed by atoms with Gasteiger partial charge in [0.25, 0.3) is 5.91 Å². The predicted octanol–water partition coefficient (Wildman–Crippen LogP) is 2.04. The molecule has 0 spiro atoms. The van der Waals surface area contributed by atoms with E-state index < -0.39 is 18.2 Å². The highest BCUT2D eigenvalue weighted by molar-refractivity contribution is 5.93. The van der Waals surface area contributed by atoms with Gasteiger partial charge in [0.15, 0.2) is 11.8 Å². The first-order valence-corrected chi connectivity index (χ1v) is 9.19. The third-order valence-corrected chi connectivity index (χ3v) is 4.45. The lowest BCUT2D eigenvalue weighted by Gasteiger charge is -2.36. The van der Waals surface area contributed by atoms with Crippen molar-refractivity contribution in [2.75, 3.05) is 31.2 Å². The van der Waals surface area contributed by atoms with Crippen molar-refractivity contribution in [2.24, 2.45) is 5.10 Å². The van der Waals surface area contributed by atoms with Crippen LogP contribution in [0.4, 0.5) is 18.9 Å². The fourth-order valence-electron chi connectivity index (χ4n) is 3.00.